The molecule has 0 unspecified atom stereocenters. The Morgan fingerprint density at radius 2 is 2.42 bits per heavy atom. The zero-order chi connectivity index (χ0) is 13.9. The Labute approximate surface area is 117 Å². The summed E-state index contributed by atoms with van der Waals surface area (Å²) in [5.74, 6) is 1.86. The number of hydrogen-bond acceptors (Lipinski definition) is 4. The predicted octanol–water partition coefficient (Wildman–Crippen LogP) is 2.91. The largest absolute Gasteiger partial charge is 0.455 e. The third kappa shape index (κ3) is 3.13. The van der Waals surface area contributed by atoms with Crippen LogP contribution in [0.2, 0.25) is 0 Å². The van der Waals surface area contributed by atoms with E-state index in [1.165, 1.54) is 0 Å². The molecule has 102 valence electrons. The SMILES string of the molecule is CSCc1ccc(C(=O)N2CCC[C@@](C)(C#N)C2)o1. The maximum Gasteiger partial charge on any atom is 0.289 e. The van der Waals surface area contributed by atoms with Gasteiger partial charge in [-0.25, -0.2) is 0 Å². The Morgan fingerprint density at radius 3 is 3.11 bits per heavy atom. The van der Waals surface area contributed by atoms with Gasteiger partial charge in [-0.15, -0.1) is 0 Å². The lowest BCUT2D eigenvalue weighted by Crippen LogP contribution is -2.44. The Morgan fingerprint density at radius 1 is 1.63 bits per heavy atom. The third-order valence-electron chi connectivity index (χ3n) is 3.41. The zero-order valence-electron chi connectivity index (χ0n) is 11.3. The maximum atomic E-state index is 12.3. The van der Waals surface area contributed by atoms with E-state index in [0.717, 1.165) is 24.4 Å². The fourth-order valence-electron chi connectivity index (χ4n) is 2.37. The van der Waals surface area contributed by atoms with Gasteiger partial charge in [0.15, 0.2) is 5.76 Å². The molecule has 1 fully saturated rings. The molecular formula is C14H18N2O2S. The molecule has 0 saturated carbocycles. The number of nitriles is 1. The number of thioether (sulfide) groups is 1. The van der Waals surface area contributed by atoms with Gasteiger partial charge in [0, 0.05) is 13.1 Å². The minimum absolute atomic E-state index is 0.103. The van der Waals surface area contributed by atoms with Crippen molar-refractivity contribution in [3.63, 3.8) is 0 Å². The Bertz CT molecular complexity index is 506. The van der Waals surface area contributed by atoms with E-state index < -0.39 is 5.41 Å². The summed E-state index contributed by atoms with van der Waals surface area (Å²) >= 11 is 1.66. The van der Waals surface area contributed by atoms with Gasteiger partial charge in [-0.3, -0.25) is 4.79 Å². The number of carbonyl (C=O) groups is 1. The van der Waals surface area contributed by atoms with Crippen LogP contribution in [-0.2, 0) is 5.75 Å². The molecule has 1 aliphatic heterocycles. The van der Waals surface area contributed by atoms with Gasteiger partial charge in [-0.1, -0.05) is 0 Å². The minimum atomic E-state index is -0.428. The predicted molar refractivity (Wildman–Crippen MR) is 74.8 cm³/mol. The standard InChI is InChI=1S/C14H18N2O2S/c1-14(9-15)6-3-7-16(10-14)13(17)12-5-4-11(18-12)8-19-2/h4-5H,3,6-8,10H2,1-2H3/t14-/m0/s1. The molecule has 0 aromatic carbocycles. The number of likely N-dealkylation sites (tertiary alicyclic amines) is 1. The molecule has 1 aromatic heterocycles. The van der Waals surface area contributed by atoms with Crippen molar-refractivity contribution >= 4 is 17.7 Å². The van der Waals surface area contributed by atoms with E-state index in [9.17, 15) is 10.1 Å². The van der Waals surface area contributed by atoms with Crippen molar-refractivity contribution in [3.8, 4) is 6.07 Å². The van der Waals surface area contributed by atoms with Crippen LogP contribution in [0.5, 0.6) is 0 Å². The van der Waals surface area contributed by atoms with Gasteiger partial charge in [0.25, 0.3) is 5.91 Å². The molecule has 1 aliphatic rings. The lowest BCUT2D eigenvalue weighted by atomic mass is 9.83. The van der Waals surface area contributed by atoms with E-state index in [0.29, 0.717) is 18.8 Å². The first-order chi connectivity index (χ1) is 9.08. The van der Waals surface area contributed by atoms with Crippen LogP contribution < -0.4 is 0 Å². The highest BCUT2D eigenvalue weighted by atomic mass is 32.2. The maximum absolute atomic E-state index is 12.3. The number of amides is 1. The molecule has 4 nitrogen and oxygen atoms in total. The van der Waals surface area contributed by atoms with Gasteiger partial charge in [-0.2, -0.15) is 17.0 Å². The topological polar surface area (TPSA) is 57.2 Å². The second-order valence-corrected chi connectivity index (χ2v) is 6.07. The number of carbonyl (C=O) groups excluding carboxylic acids is 1. The van der Waals surface area contributed by atoms with Crippen LogP contribution in [0, 0.1) is 16.7 Å². The lowest BCUT2D eigenvalue weighted by Gasteiger charge is -2.35. The summed E-state index contributed by atoms with van der Waals surface area (Å²) < 4.78 is 5.55. The van der Waals surface area contributed by atoms with Crippen molar-refractivity contribution in [1.29, 1.82) is 5.26 Å². The molecule has 2 rings (SSSR count). The quantitative estimate of drug-likeness (QED) is 0.853. The first-order valence-corrected chi connectivity index (χ1v) is 7.75. The molecule has 0 N–H and O–H groups in total. The highest BCUT2D eigenvalue weighted by Crippen LogP contribution is 2.29. The lowest BCUT2D eigenvalue weighted by molar-refractivity contribution is 0.0597. The normalized spacial score (nSPS) is 23.1. The molecule has 0 bridgehead atoms. The summed E-state index contributed by atoms with van der Waals surface area (Å²) in [7, 11) is 0. The van der Waals surface area contributed by atoms with Crippen LogP contribution >= 0.6 is 11.8 Å². The van der Waals surface area contributed by atoms with E-state index in [2.05, 4.69) is 6.07 Å². The molecule has 0 spiro atoms. The van der Waals surface area contributed by atoms with Gasteiger partial charge in [0.05, 0.1) is 17.2 Å². The second-order valence-electron chi connectivity index (χ2n) is 5.20. The van der Waals surface area contributed by atoms with Crippen LogP contribution in [0.25, 0.3) is 0 Å². The first kappa shape index (κ1) is 14.0. The number of rotatable bonds is 3. The fourth-order valence-corrected chi connectivity index (χ4v) is 2.81. The number of hydrogen-bond donors (Lipinski definition) is 0. The Balaban J connectivity index is 2.08. The van der Waals surface area contributed by atoms with Crippen LogP contribution in [0.3, 0.4) is 0 Å². The van der Waals surface area contributed by atoms with E-state index in [-0.39, 0.29) is 5.91 Å². The molecule has 2 heterocycles. The average molecular weight is 278 g/mol. The van der Waals surface area contributed by atoms with Crippen LogP contribution in [0.4, 0.5) is 0 Å². The number of piperidine rings is 1. The monoisotopic (exact) mass is 278 g/mol. The van der Waals surface area contributed by atoms with Crippen molar-refractivity contribution in [2.24, 2.45) is 5.41 Å². The van der Waals surface area contributed by atoms with Crippen LogP contribution in [-0.4, -0.2) is 30.2 Å². The van der Waals surface area contributed by atoms with E-state index in [1.54, 1.807) is 22.7 Å². The summed E-state index contributed by atoms with van der Waals surface area (Å²) in [6, 6.07) is 5.89. The summed E-state index contributed by atoms with van der Waals surface area (Å²) in [6.07, 6.45) is 3.71. The summed E-state index contributed by atoms with van der Waals surface area (Å²) in [4.78, 5) is 14.1. The van der Waals surface area contributed by atoms with Gasteiger partial charge < -0.3 is 9.32 Å². The number of furan rings is 1. The summed E-state index contributed by atoms with van der Waals surface area (Å²) in [5.41, 5.74) is -0.428. The average Bonchev–Trinajstić information content (AvgIpc) is 2.87. The van der Waals surface area contributed by atoms with Crippen molar-refractivity contribution in [1.82, 2.24) is 4.90 Å². The molecule has 5 heteroatoms. The van der Waals surface area contributed by atoms with E-state index in [4.69, 9.17) is 4.42 Å². The molecule has 1 saturated heterocycles. The van der Waals surface area contributed by atoms with E-state index in [1.807, 2.05) is 19.2 Å². The second kappa shape index (κ2) is 5.70. The van der Waals surface area contributed by atoms with Gasteiger partial charge in [0.2, 0.25) is 0 Å². The first-order valence-electron chi connectivity index (χ1n) is 6.36. The molecule has 1 atom stereocenters. The summed E-state index contributed by atoms with van der Waals surface area (Å²) in [5, 5.41) is 9.18. The molecule has 0 radical (unpaired) electrons. The molecule has 1 amide bonds. The minimum Gasteiger partial charge on any atom is -0.455 e. The van der Waals surface area contributed by atoms with Crippen molar-refractivity contribution in [3.05, 3.63) is 23.7 Å². The van der Waals surface area contributed by atoms with Gasteiger partial charge >= 0.3 is 0 Å². The fraction of sp³-hybridized carbons (Fsp3) is 0.571. The molecular weight excluding hydrogens is 260 g/mol. The molecule has 0 aliphatic carbocycles. The molecule has 1 aromatic rings. The van der Waals surface area contributed by atoms with Gasteiger partial charge in [0.1, 0.15) is 5.76 Å². The number of nitrogens with zero attached hydrogens (tertiary/aromatic N) is 2. The van der Waals surface area contributed by atoms with Crippen molar-refractivity contribution < 1.29 is 9.21 Å². The van der Waals surface area contributed by atoms with Crippen LogP contribution in [0.1, 0.15) is 36.1 Å². The highest BCUT2D eigenvalue weighted by molar-refractivity contribution is 7.97. The van der Waals surface area contributed by atoms with Gasteiger partial charge in [-0.05, 0) is 38.2 Å². The highest BCUT2D eigenvalue weighted by Gasteiger charge is 2.34. The van der Waals surface area contributed by atoms with Crippen molar-refractivity contribution in [2.45, 2.75) is 25.5 Å². The molecule has 19 heavy (non-hydrogen) atoms. The van der Waals surface area contributed by atoms with Crippen molar-refractivity contribution in [2.75, 3.05) is 19.3 Å². The zero-order valence-corrected chi connectivity index (χ0v) is 12.1. The smallest absolute Gasteiger partial charge is 0.289 e. The van der Waals surface area contributed by atoms with E-state index >= 15 is 0 Å². The van der Waals surface area contributed by atoms with Crippen LogP contribution in [0.15, 0.2) is 16.5 Å². The summed E-state index contributed by atoms with van der Waals surface area (Å²) in [6.45, 7) is 3.10. The Kier molecular flexibility index (Phi) is 4.20. The third-order valence-corrected chi connectivity index (χ3v) is 3.99. The Hall–Kier alpha value is -1.41.